The molecule has 138 valence electrons. The first-order valence-corrected chi connectivity index (χ1v) is 9.22. The van der Waals surface area contributed by atoms with E-state index in [0.717, 1.165) is 24.1 Å². The number of benzene rings is 2. The highest BCUT2D eigenvalue weighted by molar-refractivity contribution is 5.92. The number of aromatic nitrogens is 3. The van der Waals surface area contributed by atoms with Crippen molar-refractivity contribution < 1.29 is 9.90 Å². The lowest BCUT2D eigenvalue weighted by Crippen LogP contribution is -2.40. The zero-order valence-corrected chi connectivity index (χ0v) is 15.0. The molecule has 1 N–H and O–H groups in total. The highest BCUT2D eigenvalue weighted by Gasteiger charge is 2.29. The second-order valence-corrected chi connectivity index (χ2v) is 6.84. The van der Waals surface area contributed by atoms with Crippen LogP contribution in [0.25, 0.3) is 5.69 Å². The number of para-hydroxylation sites is 1. The molecule has 0 radical (unpaired) electrons. The maximum absolute atomic E-state index is 12.7. The molecule has 2 aromatic carbocycles. The number of piperidine rings is 1. The Bertz CT molecular complexity index is 887. The number of hydrogen-bond donors (Lipinski definition) is 1. The van der Waals surface area contributed by atoms with Gasteiger partial charge in [-0.3, -0.25) is 4.79 Å². The molecule has 0 spiro atoms. The van der Waals surface area contributed by atoms with Crippen LogP contribution in [0, 0.1) is 5.92 Å². The maximum atomic E-state index is 12.7. The fourth-order valence-corrected chi connectivity index (χ4v) is 3.55. The molecule has 3 aromatic rings. The highest BCUT2D eigenvalue weighted by Crippen LogP contribution is 2.30. The molecule has 6 nitrogen and oxygen atoms in total. The molecule has 1 aromatic heterocycles. The van der Waals surface area contributed by atoms with Crippen LogP contribution in [0.3, 0.4) is 0 Å². The van der Waals surface area contributed by atoms with Gasteiger partial charge >= 0.3 is 0 Å². The van der Waals surface area contributed by atoms with Crippen LogP contribution >= 0.6 is 0 Å². The Kier molecular flexibility index (Phi) is 4.98. The fraction of sp³-hybridized carbons (Fsp3) is 0.286. The summed E-state index contributed by atoms with van der Waals surface area (Å²) < 4.78 is 0. The predicted molar refractivity (Wildman–Crippen MR) is 101 cm³/mol. The quantitative estimate of drug-likeness (QED) is 0.775. The average Bonchev–Trinajstić information content (AvgIpc) is 3.24. The van der Waals surface area contributed by atoms with E-state index in [1.165, 1.54) is 11.0 Å². The van der Waals surface area contributed by atoms with Crippen LogP contribution in [0.15, 0.2) is 66.9 Å². The van der Waals surface area contributed by atoms with Crippen LogP contribution in [0.4, 0.5) is 0 Å². The average molecular weight is 362 g/mol. The van der Waals surface area contributed by atoms with Crippen molar-refractivity contribution in [2.24, 2.45) is 5.92 Å². The number of likely N-dealkylation sites (tertiary alicyclic amines) is 1. The summed E-state index contributed by atoms with van der Waals surface area (Å²) in [6, 6.07) is 19.2. The number of amides is 1. The highest BCUT2D eigenvalue weighted by atomic mass is 16.3. The number of carbonyl (C=O) groups is 1. The Balaban J connectivity index is 1.38. The van der Waals surface area contributed by atoms with Crippen molar-refractivity contribution >= 4 is 5.91 Å². The van der Waals surface area contributed by atoms with E-state index in [4.69, 9.17) is 0 Å². The first-order chi connectivity index (χ1) is 13.2. The molecular weight excluding hydrogens is 340 g/mol. The molecule has 1 aliphatic rings. The first kappa shape index (κ1) is 17.4. The number of carbonyl (C=O) groups excluding carboxylic acids is 1. The number of nitrogens with zero attached hydrogens (tertiary/aromatic N) is 4. The zero-order chi connectivity index (χ0) is 18.6. The Morgan fingerprint density at radius 1 is 1.00 bits per heavy atom. The number of aliphatic hydroxyl groups excluding tert-OH is 1. The van der Waals surface area contributed by atoms with Gasteiger partial charge in [-0.2, -0.15) is 9.90 Å². The van der Waals surface area contributed by atoms with E-state index in [2.05, 4.69) is 10.2 Å². The van der Waals surface area contributed by atoms with Crippen molar-refractivity contribution in [3.05, 3.63) is 78.1 Å². The largest absolute Gasteiger partial charge is 0.388 e. The molecule has 2 heterocycles. The molecule has 1 amide bonds. The third-order valence-corrected chi connectivity index (χ3v) is 5.11. The second-order valence-electron chi connectivity index (χ2n) is 6.84. The molecule has 6 heteroatoms. The summed E-state index contributed by atoms with van der Waals surface area (Å²) in [7, 11) is 0. The Hall–Kier alpha value is -2.99. The third-order valence-electron chi connectivity index (χ3n) is 5.11. The van der Waals surface area contributed by atoms with Crippen molar-refractivity contribution in [3.63, 3.8) is 0 Å². The summed E-state index contributed by atoms with van der Waals surface area (Å²) in [5.41, 5.74) is 2.11. The van der Waals surface area contributed by atoms with Crippen LogP contribution in [0.2, 0.25) is 0 Å². The molecule has 4 rings (SSSR count). The summed E-state index contributed by atoms with van der Waals surface area (Å²) in [6.07, 6.45) is 2.58. The van der Waals surface area contributed by atoms with E-state index in [1.54, 1.807) is 4.90 Å². The van der Waals surface area contributed by atoms with Gasteiger partial charge in [0.15, 0.2) is 5.69 Å². The maximum Gasteiger partial charge on any atom is 0.276 e. The number of rotatable bonds is 4. The van der Waals surface area contributed by atoms with Gasteiger partial charge in [-0.05, 0) is 36.5 Å². The Morgan fingerprint density at radius 2 is 1.63 bits per heavy atom. The van der Waals surface area contributed by atoms with Gasteiger partial charge in [0.1, 0.15) is 0 Å². The standard InChI is InChI=1S/C21H22N4O2/c26-20(16-7-3-1-4-8-16)17-11-13-24(14-12-17)21(27)19-15-22-25(23-19)18-9-5-2-6-10-18/h1-10,15,17,20,26H,11-14H2. The van der Waals surface area contributed by atoms with Gasteiger partial charge in [0, 0.05) is 13.1 Å². The van der Waals surface area contributed by atoms with E-state index in [0.29, 0.717) is 18.8 Å². The molecule has 0 bridgehead atoms. The summed E-state index contributed by atoms with van der Waals surface area (Å²) in [4.78, 5) is 16.0. The van der Waals surface area contributed by atoms with Gasteiger partial charge in [0.25, 0.3) is 5.91 Å². The molecular formula is C21H22N4O2. The number of hydrogen-bond acceptors (Lipinski definition) is 4. The van der Waals surface area contributed by atoms with Gasteiger partial charge in [-0.25, -0.2) is 0 Å². The van der Waals surface area contributed by atoms with E-state index < -0.39 is 6.10 Å². The van der Waals surface area contributed by atoms with Crippen LogP contribution in [-0.4, -0.2) is 44.0 Å². The summed E-state index contributed by atoms with van der Waals surface area (Å²) in [6.45, 7) is 1.23. The van der Waals surface area contributed by atoms with Crippen molar-refractivity contribution in [3.8, 4) is 5.69 Å². The Labute approximate surface area is 158 Å². The van der Waals surface area contributed by atoms with E-state index in [1.807, 2.05) is 60.7 Å². The van der Waals surface area contributed by atoms with Crippen LogP contribution in [-0.2, 0) is 0 Å². The fourth-order valence-electron chi connectivity index (χ4n) is 3.55. The topological polar surface area (TPSA) is 71.2 Å². The van der Waals surface area contributed by atoms with Gasteiger partial charge in [0.05, 0.1) is 18.0 Å². The lowest BCUT2D eigenvalue weighted by Gasteiger charge is -2.34. The van der Waals surface area contributed by atoms with E-state index in [9.17, 15) is 9.90 Å². The Morgan fingerprint density at radius 3 is 2.30 bits per heavy atom. The normalized spacial score (nSPS) is 16.3. The summed E-state index contributed by atoms with van der Waals surface area (Å²) in [5.74, 6) is 0.0567. The molecule has 0 aliphatic carbocycles. The molecule has 27 heavy (non-hydrogen) atoms. The molecule has 1 saturated heterocycles. The van der Waals surface area contributed by atoms with Gasteiger partial charge in [-0.1, -0.05) is 48.5 Å². The monoisotopic (exact) mass is 362 g/mol. The molecule has 1 aliphatic heterocycles. The zero-order valence-electron chi connectivity index (χ0n) is 15.0. The van der Waals surface area contributed by atoms with Crippen LogP contribution in [0.1, 0.15) is 35.0 Å². The molecule has 1 fully saturated rings. The van der Waals surface area contributed by atoms with Crippen molar-refractivity contribution in [2.45, 2.75) is 18.9 Å². The van der Waals surface area contributed by atoms with E-state index in [-0.39, 0.29) is 11.8 Å². The smallest absolute Gasteiger partial charge is 0.276 e. The van der Waals surface area contributed by atoms with Crippen LogP contribution < -0.4 is 0 Å². The van der Waals surface area contributed by atoms with Crippen molar-refractivity contribution in [1.29, 1.82) is 0 Å². The number of aliphatic hydroxyl groups is 1. The third kappa shape index (κ3) is 3.75. The minimum Gasteiger partial charge on any atom is -0.388 e. The van der Waals surface area contributed by atoms with Crippen LogP contribution in [0.5, 0.6) is 0 Å². The van der Waals surface area contributed by atoms with Crippen molar-refractivity contribution in [1.82, 2.24) is 19.9 Å². The van der Waals surface area contributed by atoms with Gasteiger partial charge < -0.3 is 10.0 Å². The van der Waals surface area contributed by atoms with Gasteiger partial charge in [0.2, 0.25) is 0 Å². The second kappa shape index (κ2) is 7.72. The molecule has 1 atom stereocenters. The lowest BCUT2D eigenvalue weighted by molar-refractivity contribution is 0.0458. The lowest BCUT2D eigenvalue weighted by atomic mass is 9.87. The SMILES string of the molecule is O=C(c1cnn(-c2ccccc2)n1)N1CCC(C(O)c2ccccc2)CC1. The van der Waals surface area contributed by atoms with Gasteiger partial charge in [-0.15, -0.1) is 5.10 Å². The summed E-state index contributed by atoms with van der Waals surface area (Å²) in [5, 5.41) is 19.1. The minimum atomic E-state index is -0.484. The van der Waals surface area contributed by atoms with E-state index >= 15 is 0 Å². The summed E-state index contributed by atoms with van der Waals surface area (Å²) >= 11 is 0. The minimum absolute atomic E-state index is 0.107. The molecule has 0 saturated carbocycles. The first-order valence-electron chi connectivity index (χ1n) is 9.22. The predicted octanol–water partition coefficient (Wildman–Crippen LogP) is 2.85. The molecule has 1 unspecified atom stereocenters. The van der Waals surface area contributed by atoms with Crippen molar-refractivity contribution in [2.75, 3.05) is 13.1 Å².